The van der Waals surface area contributed by atoms with E-state index in [1.807, 2.05) is 13.2 Å². The van der Waals surface area contributed by atoms with Crippen molar-refractivity contribution in [2.75, 3.05) is 19.8 Å². The van der Waals surface area contributed by atoms with Gasteiger partial charge in [-0.2, -0.15) is 5.10 Å². The van der Waals surface area contributed by atoms with Crippen LogP contribution in [-0.4, -0.2) is 41.0 Å². The lowest BCUT2D eigenvalue weighted by Crippen LogP contribution is -2.47. The molecule has 2 aliphatic heterocycles. The summed E-state index contributed by atoms with van der Waals surface area (Å²) in [6.07, 6.45) is 6.76. The van der Waals surface area contributed by atoms with Crippen molar-refractivity contribution in [3.63, 3.8) is 0 Å². The third kappa shape index (κ3) is 3.02. The fourth-order valence-electron chi connectivity index (χ4n) is 3.38. The summed E-state index contributed by atoms with van der Waals surface area (Å²) >= 11 is 0. The molecule has 0 aromatic carbocycles. The summed E-state index contributed by atoms with van der Waals surface area (Å²) in [5.74, 6) is 0.0872. The normalized spacial score (nSPS) is 26.7. The number of Topliss-reactive ketones (excluding diaryl/α,β-unsaturated/α-hetero) is 1. The van der Waals surface area contributed by atoms with Gasteiger partial charge in [0, 0.05) is 44.5 Å². The second-order valence-electron chi connectivity index (χ2n) is 6.16. The van der Waals surface area contributed by atoms with Crippen LogP contribution in [0.4, 0.5) is 0 Å². The molecule has 6 heteroatoms. The predicted molar refractivity (Wildman–Crippen MR) is 76.6 cm³/mol. The lowest BCUT2D eigenvalue weighted by Gasteiger charge is -2.43. The molecular formula is C15H23N3O3. The Kier molecular flexibility index (Phi) is 4.10. The first-order chi connectivity index (χ1) is 10.1. The molecule has 21 heavy (non-hydrogen) atoms. The molecule has 2 unspecified atom stereocenters. The topological polar surface area (TPSA) is 79.4 Å². The number of hydrogen-bond donors (Lipinski definition) is 1. The number of ether oxygens (including phenoxy) is 2. The van der Waals surface area contributed by atoms with Gasteiger partial charge in [0.25, 0.3) is 0 Å². The van der Waals surface area contributed by atoms with Crippen LogP contribution in [-0.2, 0) is 21.3 Å². The lowest BCUT2D eigenvalue weighted by molar-refractivity contribution is -0.157. The lowest BCUT2D eigenvalue weighted by atomic mass is 9.77. The zero-order valence-electron chi connectivity index (χ0n) is 12.5. The van der Waals surface area contributed by atoms with Crippen molar-refractivity contribution in [3.8, 4) is 0 Å². The van der Waals surface area contributed by atoms with Crippen molar-refractivity contribution in [3.05, 3.63) is 18.0 Å². The van der Waals surface area contributed by atoms with Crippen LogP contribution in [0.15, 0.2) is 12.4 Å². The largest absolute Gasteiger partial charge is 0.381 e. The average Bonchev–Trinajstić information content (AvgIpc) is 2.93. The SMILES string of the molecule is Cn1cc(C(N)C(=O)C2CCOC3(CCOCC3)C2)cn1. The number of carbonyl (C=O) groups is 1. The Labute approximate surface area is 124 Å². The fourth-order valence-corrected chi connectivity index (χ4v) is 3.38. The smallest absolute Gasteiger partial charge is 0.157 e. The van der Waals surface area contributed by atoms with Gasteiger partial charge in [0.2, 0.25) is 0 Å². The molecule has 0 radical (unpaired) electrons. The van der Waals surface area contributed by atoms with Gasteiger partial charge in [0.15, 0.2) is 5.78 Å². The van der Waals surface area contributed by atoms with Crippen LogP contribution in [0.1, 0.15) is 37.3 Å². The highest BCUT2D eigenvalue weighted by Gasteiger charge is 2.42. The Bertz CT molecular complexity index is 503. The Morgan fingerprint density at radius 3 is 2.90 bits per heavy atom. The number of rotatable bonds is 3. The predicted octanol–water partition coefficient (Wildman–Crippen LogP) is 0.965. The maximum absolute atomic E-state index is 12.7. The number of aromatic nitrogens is 2. The third-order valence-corrected chi connectivity index (χ3v) is 4.69. The van der Waals surface area contributed by atoms with Gasteiger partial charge in [-0.1, -0.05) is 0 Å². The molecule has 2 atom stereocenters. The van der Waals surface area contributed by atoms with E-state index < -0.39 is 6.04 Å². The molecule has 0 aliphatic carbocycles. The fraction of sp³-hybridized carbons (Fsp3) is 0.733. The van der Waals surface area contributed by atoms with E-state index >= 15 is 0 Å². The third-order valence-electron chi connectivity index (χ3n) is 4.69. The monoisotopic (exact) mass is 293 g/mol. The molecule has 1 aromatic heterocycles. The van der Waals surface area contributed by atoms with E-state index in [1.54, 1.807) is 10.9 Å². The average molecular weight is 293 g/mol. The Morgan fingerprint density at radius 1 is 1.48 bits per heavy atom. The molecule has 0 saturated carbocycles. The number of nitrogens with zero attached hydrogens (tertiary/aromatic N) is 2. The molecule has 2 aliphatic rings. The van der Waals surface area contributed by atoms with Crippen molar-refractivity contribution >= 4 is 5.78 Å². The van der Waals surface area contributed by atoms with Crippen LogP contribution in [0.5, 0.6) is 0 Å². The molecule has 2 fully saturated rings. The van der Waals surface area contributed by atoms with Crippen LogP contribution in [0.25, 0.3) is 0 Å². The summed E-state index contributed by atoms with van der Waals surface area (Å²) in [4.78, 5) is 12.7. The summed E-state index contributed by atoms with van der Waals surface area (Å²) in [5, 5.41) is 4.09. The number of nitrogens with two attached hydrogens (primary N) is 1. The highest BCUT2D eigenvalue weighted by atomic mass is 16.5. The Hall–Kier alpha value is -1.24. The minimum Gasteiger partial charge on any atom is -0.381 e. The van der Waals surface area contributed by atoms with Gasteiger partial charge in [-0.3, -0.25) is 9.48 Å². The highest BCUT2D eigenvalue weighted by molar-refractivity contribution is 5.87. The molecule has 1 spiro atoms. The molecule has 3 rings (SSSR count). The Balaban J connectivity index is 1.69. The minimum absolute atomic E-state index is 0.0212. The van der Waals surface area contributed by atoms with E-state index in [0.29, 0.717) is 6.61 Å². The maximum atomic E-state index is 12.7. The first kappa shape index (κ1) is 14.7. The molecule has 0 bridgehead atoms. The number of hydrogen-bond acceptors (Lipinski definition) is 5. The molecule has 3 heterocycles. The molecular weight excluding hydrogens is 270 g/mol. The molecule has 2 saturated heterocycles. The Morgan fingerprint density at radius 2 is 2.24 bits per heavy atom. The van der Waals surface area contributed by atoms with E-state index in [2.05, 4.69) is 5.10 Å². The molecule has 116 valence electrons. The van der Waals surface area contributed by atoms with Gasteiger partial charge in [-0.05, 0) is 25.7 Å². The van der Waals surface area contributed by atoms with Gasteiger partial charge >= 0.3 is 0 Å². The van der Waals surface area contributed by atoms with Crippen molar-refractivity contribution in [1.29, 1.82) is 0 Å². The van der Waals surface area contributed by atoms with Crippen molar-refractivity contribution in [2.24, 2.45) is 18.7 Å². The van der Waals surface area contributed by atoms with Gasteiger partial charge in [-0.15, -0.1) is 0 Å². The highest BCUT2D eigenvalue weighted by Crippen LogP contribution is 2.38. The van der Waals surface area contributed by atoms with Crippen LogP contribution in [0.3, 0.4) is 0 Å². The maximum Gasteiger partial charge on any atom is 0.157 e. The van der Waals surface area contributed by atoms with Gasteiger partial charge in [0.05, 0.1) is 17.8 Å². The first-order valence-electron chi connectivity index (χ1n) is 7.59. The minimum atomic E-state index is -0.585. The van der Waals surface area contributed by atoms with Crippen LogP contribution < -0.4 is 5.73 Å². The second kappa shape index (κ2) is 5.87. The summed E-state index contributed by atoms with van der Waals surface area (Å²) in [6.45, 7) is 2.07. The van der Waals surface area contributed by atoms with Crippen LogP contribution in [0.2, 0.25) is 0 Å². The molecule has 6 nitrogen and oxygen atoms in total. The summed E-state index contributed by atoms with van der Waals surface area (Å²) in [7, 11) is 1.83. The van der Waals surface area contributed by atoms with Crippen LogP contribution >= 0.6 is 0 Å². The van der Waals surface area contributed by atoms with E-state index in [9.17, 15) is 4.79 Å². The zero-order valence-corrected chi connectivity index (χ0v) is 12.5. The molecule has 0 amide bonds. The van der Waals surface area contributed by atoms with Gasteiger partial charge in [0.1, 0.15) is 0 Å². The first-order valence-corrected chi connectivity index (χ1v) is 7.59. The zero-order chi connectivity index (χ0) is 14.9. The van der Waals surface area contributed by atoms with E-state index in [4.69, 9.17) is 15.2 Å². The summed E-state index contributed by atoms with van der Waals surface area (Å²) in [6, 6.07) is -0.585. The molecule has 1 aromatic rings. The van der Waals surface area contributed by atoms with Crippen LogP contribution in [0, 0.1) is 5.92 Å². The van der Waals surface area contributed by atoms with E-state index in [-0.39, 0.29) is 17.3 Å². The summed E-state index contributed by atoms with van der Waals surface area (Å²) in [5.41, 5.74) is 6.74. The number of aryl methyl sites for hydroxylation is 1. The number of carbonyl (C=O) groups excluding carboxylic acids is 1. The van der Waals surface area contributed by atoms with Crippen molar-refractivity contribution in [1.82, 2.24) is 9.78 Å². The van der Waals surface area contributed by atoms with E-state index in [1.165, 1.54) is 0 Å². The standard InChI is InChI=1S/C15H23N3O3/c1-18-10-12(9-17-18)13(16)14(19)11-2-5-21-15(8-11)3-6-20-7-4-15/h9-11,13H,2-8,16H2,1H3. The van der Waals surface area contributed by atoms with Gasteiger partial charge in [-0.25, -0.2) is 0 Å². The van der Waals surface area contributed by atoms with Crippen molar-refractivity contribution < 1.29 is 14.3 Å². The van der Waals surface area contributed by atoms with Gasteiger partial charge < -0.3 is 15.2 Å². The second-order valence-corrected chi connectivity index (χ2v) is 6.16. The van der Waals surface area contributed by atoms with E-state index in [0.717, 1.165) is 44.5 Å². The van der Waals surface area contributed by atoms with Crippen molar-refractivity contribution in [2.45, 2.75) is 37.3 Å². The molecule has 2 N–H and O–H groups in total. The number of ketones is 1. The summed E-state index contributed by atoms with van der Waals surface area (Å²) < 4.78 is 13.1. The quantitative estimate of drug-likeness (QED) is 0.898.